The summed E-state index contributed by atoms with van der Waals surface area (Å²) in [7, 11) is 1.24. The van der Waals surface area contributed by atoms with Gasteiger partial charge in [0, 0.05) is 24.5 Å². The minimum Gasteiger partial charge on any atom is -0.508 e. The highest BCUT2D eigenvalue weighted by atomic mass is 32.2. The Bertz CT molecular complexity index is 576. The number of thioether (sulfide) groups is 1. The first-order valence-electron chi connectivity index (χ1n) is 6.41. The highest BCUT2D eigenvalue weighted by Crippen LogP contribution is 2.31. The van der Waals surface area contributed by atoms with Crippen LogP contribution in [0.2, 0.25) is 0 Å². The molecule has 1 unspecified atom stereocenters. The van der Waals surface area contributed by atoms with Crippen molar-refractivity contribution in [3.8, 4) is 5.75 Å². The lowest BCUT2D eigenvalue weighted by atomic mass is 10.3. The van der Waals surface area contributed by atoms with Gasteiger partial charge in [-0.1, -0.05) is 0 Å². The summed E-state index contributed by atoms with van der Waals surface area (Å²) in [5.74, 6) is -0.940. The Balaban J connectivity index is 2.87. The van der Waals surface area contributed by atoms with Gasteiger partial charge >= 0.3 is 5.97 Å². The van der Waals surface area contributed by atoms with Crippen LogP contribution in [0, 0.1) is 0 Å². The van der Waals surface area contributed by atoms with Gasteiger partial charge in [0.25, 0.3) is 0 Å². The van der Waals surface area contributed by atoms with E-state index in [9.17, 15) is 19.5 Å². The van der Waals surface area contributed by atoms with Gasteiger partial charge in [-0.15, -0.1) is 11.8 Å². The molecule has 7 nitrogen and oxygen atoms in total. The second-order valence-electron chi connectivity index (χ2n) is 4.45. The summed E-state index contributed by atoms with van der Waals surface area (Å²) < 4.78 is 4.63. The van der Waals surface area contributed by atoms with E-state index in [1.54, 1.807) is 6.07 Å². The smallest absolute Gasteiger partial charge is 0.329 e. The Morgan fingerprint density at radius 3 is 2.50 bits per heavy atom. The van der Waals surface area contributed by atoms with Gasteiger partial charge in [-0.3, -0.25) is 9.59 Å². The molecule has 1 aromatic carbocycles. The molecule has 8 heteroatoms. The summed E-state index contributed by atoms with van der Waals surface area (Å²) in [6.45, 7) is 2.67. The zero-order valence-corrected chi connectivity index (χ0v) is 13.3. The number of carbonyl (C=O) groups excluding carboxylic acids is 3. The van der Waals surface area contributed by atoms with Crippen molar-refractivity contribution in [2.24, 2.45) is 0 Å². The number of esters is 1. The van der Waals surface area contributed by atoms with Crippen molar-refractivity contribution < 1.29 is 24.2 Å². The molecule has 0 spiro atoms. The largest absolute Gasteiger partial charge is 0.508 e. The number of rotatable bonds is 6. The lowest BCUT2D eigenvalue weighted by molar-refractivity contribution is -0.144. The van der Waals surface area contributed by atoms with Crippen LogP contribution in [0.4, 0.5) is 5.69 Å². The first-order valence-corrected chi connectivity index (χ1v) is 7.40. The fourth-order valence-corrected chi connectivity index (χ4v) is 2.70. The van der Waals surface area contributed by atoms with Crippen LogP contribution < -0.4 is 10.6 Å². The Hall–Kier alpha value is -2.22. The molecule has 0 heterocycles. The van der Waals surface area contributed by atoms with Crippen LogP contribution >= 0.6 is 11.8 Å². The Morgan fingerprint density at radius 2 is 1.95 bits per heavy atom. The molecule has 0 aliphatic rings. The molecule has 0 aromatic heterocycles. The lowest BCUT2D eigenvalue weighted by Gasteiger charge is -2.16. The number of nitrogens with one attached hydrogen (secondary N) is 2. The molecule has 0 aliphatic carbocycles. The molecular weight excluding hydrogens is 308 g/mol. The van der Waals surface area contributed by atoms with Gasteiger partial charge in [-0.25, -0.2) is 4.79 Å². The third-order valence-corrected chi connectivity index (χ3v) is 3.69. The Kier molecular flexibility index (Phi) is 6.71. The quantitative estimate of drug-likeness (QED) is 0.411. The summed E-state index contributed by atoms with van der Waals surface area (Å²) in [4.78, 5) is 34.5. The highest BCUT2D eigenvalue weighted by Gasteiger charge is 2.21. The maximum Gasteiger partial charge on any atom is 0.329 e. The molecule has 1 aromatic rings. The number of anilines is 1. The van der Waals surface area contributed by atoms with Crippen LogP contribution in [0.15, 0.2) is 23.1 Å². The van der Waals surface area contributed by atoms with Crippen molar-refractivity contribution in [2.45, 2.75) is 24.8 Å². The number of hydrogen-bond acceptors (Lipinski definition) is 6. The first-order chi connectivity index (χ1) is 10.3. The normalized spacial score (nSPS) is 11.4. The Labute approximate surface area is 132 Å². The number of hydrogen-bond donors (Lipinski definition) is 3. The third-order valence-electron chi connectivity index (χ3n) is 2.54. The topological polar surface area (TPSA) is 105 Å². The van der Waals surface area contributed by atoms with Crippen LogP contribution in [0.1, 0.15) is 13.8 Å². The second-order valence-corrected chi connectivity index (χ2v) is 5.51. The predicted molar refractivity (Wildman–Crippen MR) is 82.8 cm³/mol. The van der Waals surface area contributed by atoms with Gasteiger partial charge in [0.1, 0.15) is 11.8 Å². The summed E-state index contributed by atoms with van der Waals surface area (Å²) in [5, 5.41) is 14.7. The first kappa shape index (κ1) is 17.8. The SMILES string of the molecule is COC(=O)C(CSc1cc(O)ccc1NC(C)=O)NC(C)=O. The van der Waals surface area contributed by atoms with E-state index in [1.165, 1.54) is 44.9 Å². The minimum atomic E-state index is -0.819. The fraction of sp³-hybridized carbons (Fsp3) is 0.357. The van der Waals surface area contributed by atoms with Crippen molar-refractivity contribution in [1.29, 1.82) is 0 Å². The number of methoxy groups -OCH3 is 1. The number of phenolic OH excluding ortho intramolecular Hbond substituents is 1. The minimum absolute atomic E-state index is 0.0331. The number of carbonyl (C=O) groups is 3. The van der Waals surface area contributed by atoms with E-state index < -0.39 is 12.0 Å². The number of benzene rings is 1. The van der Waals surface area contributed by atoms with E-state index in [4.69, 9.17) is 0 Å². The molecule has 120 valence electrons. The van der Waals surface area contributed by atoms with E-state index >= 15 is 0 Å². The van der Waals surface area contributed by atoms with Gasteiger partial charge in [-0.05, 0) is 18.2 Å². The monoisotopic (exact) mass is 326 g/mol. The molecule has 1 rings (SSSR count). The van der Waals surface area contributed by atoms with Gasteiger partial charge in [-0.2, -0.15) is 0 Å². The van der Waals surface area contributed by atoms with E-state index in [0.29, 0.717) is 10.6 Å². The molecule has 0 radical (unpaired) electrons. The molecule has 2 amide bonds. The number of phenols is 1. The van der Waals surface area contributed by atoms with Gasteiger partial charge in [0.05, 0.1) is 12.8 Å². The van der Waals surface area contributed by atoms with Crippen LogP contribution in [0.5, 0.6) is 5.75 Å². The standard InChI is InChI=1S/C14H18N2O5S/c1-8(17)15-11-5-4-10(19)6-13(11)22-7-12(14(20)21-3)16-9(2)18/h4-6,12,19H,7H2,1-3H3,(H,15,17)(H,16,18). The summed E-state index contributed by atoms with van der Waals surface area (Å²) in [6.07, 6.45) is 0. The van der Waals surface area contributed by atoms with Crippen LogP contribution in [-0.2, 0) is 19.1 Å². The highest BCUT2D eigenvalue weighted by molar-refractivity contribution is 7.99. The van der Waals surface area contributed by atoms with Crippen molar-refractivity contribution >= 4 is 35.2 Å². The average Bonchev–Trinajstić information content (AvgIpc) is 2.44. The van der Waals surface area contributed by atoms with Crippen LogP contribution in [0.3, 0.4) is 0 Å². The molecule has 0 saturated heterocycles. The van der Waals surface area contributed by atoms with E-state index in [-0.39, 0.29) is 23.3 Å². The van der Waals surface area contributed by atoms with Crippen molar-refractivity contribution in [1.82, 2.24) is 5.32 Å². The molecule has 3 N–H and O–H groups in total. The summed E-state index contributed by atoms with van der Waals surface area (Å²) in [6, 6.07) is 3.66. The van der Waals surface area contributed by atoms with Crippen LogP contribution in [-0.4, -0.2) is 41.8 Å². The molecular formula is C14H18N2O5S. The number of aromatic hydroxyl groups is 1. The summed E-state index contributed by atoms with van der Waals surface area (Å²) in [5.41, 5.74) is 0.516. The molecule has 22 heavy (non-hydrogen) atoms. The molecule has 0 fully saturated rings. The van der Waals surface area contributed by atoms with Gasteiger partial charge in [0.2, 0.25) is 11.8 Å². The predicted octanol–water partition coefficient (Wildman–Crippen LogP) is 1.12. The van der Waals surface area contributed by atoms with E-state index in [2.05, 4.69) is 15.4 Å². The molecule has 0 aliphatic heterocycles. The van der Waals surface area contributed by atoms with Crippen molar-refractivity contribution in [3.63, 3.8) is 0 Å². The third kappa shape index (κ3) is 5.65. The van der Waals surface area contributed by atoms with Gasteiger partial charge in [0.15, 0.2) is 0 Å². The molecule has 1 atom stereocenters. The van der Waals surface area contributed by atoms with Gasteiger partial charge < -0.3 is 20.5 Å². The maximum absolute atomic E-state index is 11.6. The van der Waals surface area contributed by atoms with Crippen molar-refractivity contribution in [2.75, 3.05) is 18.2 Å². The lowest BCUT2D eigenvalue weighted by Crippen LogP contribution is -2.42. The average molecular weight is 326 g/mol. The summed E-state index contributed by atoms with van der Waals surface area (Å²) >= 11 is 1.21. The fourth-order valence-electron chi connectivity index (χ4n) is 1.65. The number of ether oxygens (including phenoxy) is 1. The zero-order chi connectivity index (χ0) is 16.7. The van der Waals surface area contributed by atoms with E-state index in [1.807, 2.05) is 0 Å². The molecule has 0 saturated carbocycles. The zero-order valence-electron chi connectivity index (χ0n) is 12.5. The van der Waals surface area contributed by atoms with Crippen LogP contribution in [0.25, 0.3) is 0 Å². The second kappa shape index (κ2) is 8.28. The maximum atomic E-state index is 11.6. The Morgan fingerprint density at radius 1 is 1.27 bits per heavy atom. The van der Waals surface area contributed by atoms with E-state index in [0.717, 1.165) is 0 Å². The number of amides is 2. The van der Waals surface area contributed by atoms with Crippen molar-refractivity contribution in [3.05, 3.63) is 18.2 Å². The molecule has 0 bridgehead atoms.